The van der Waals surface area contributed by atoms with Crippen molar-refractivity contribution >= 4 is 17.7 Å². The van der Waals surface area contributed by atoms with Crippen molar-refractivity contribution < 1.29 is 14.4 Å². The number of allylic oxidation sites excluding steroid dienone is 4. The maximum Gasteiger partial charge on any atom is 0.222 e. The number of unbranched alkanes of at least 4 members (excludes halogenated alkanes) is 1. The van der Waals surface area contributed by atoms with Gasteiger partial charge in [0.25, 0.3) is 0 Å². The first-order valence-electron chi connectivity index (χ1n) is 14.4. The highest BCUT2D eigenvalue weighted by molar-refractivity contribution is 5.76. The van der Waals surface area contributed by atoms with E-state index in [2.05, 4.69) is 38.2 Å². The molecule has 0 saturated carbocycles. The van der Waals surface area contributed by atoms with Crippen LogP contribution in [-0.4, -0.2) is 84.8 Å². The first-order chi connectivity index (χ1) is 17.9. The van der Waals surface area contributed by atoms with Gasteiger partial charge in [0.15, 0.2) is 0 Å². The van der Waals surface area contributed by atoms with E-state index in [1.807, 2.05) is 14.7 Å². The number of rotatable bonds is 23. The summed E-state index contributed by atoms with van der Waals surface area (Å²) in [5, 5.41) is 0. The Balaban J connectivity index is 4.63. The molecule has 0 spiro atoms. The fraction of sp³-hybridized carbons (Fsp3) is 0.759. The highest BCUT2D eigenvalue weighted by Crippen LogP contribution is 2.07. The number of carbonyl (C=O) groups is 3. The van der Waals surface area contributed by atoms with E-state index in [1.165, 1.54) is 0 Å². The van der Waals surface area contributed by atoms with Crippen LogP contribution in [0.1, 0.15) is 91.4 Å². The summed E-state index contributed by atoms with van der Waals surface area (Å²) >= 11 is 0. The lowest BCUT2D eigenvalue weighted by molar-refractivity contribution is -0.132. The smallest absolute Gasteiger partial charge is 0.222 e. The fourth-order valence-electron chi connectivity index (χ4n) is 4.07. The zero-order chi connectivity index (χ0) is 27.7. The molecule has 0 aromatic carbocycles. The van der Waals surface area contributed by atoms with Gasteiger partial charge in [-0.3, -0.25) is 14.4 Å². The van der Waals surface area contributed by atoms with Crippen LogP contribution >= 0.6 is 0 Å². The largest absolute Gasteiger partial charge is 0.343 e. The average Bonchev–Trinajstić information content (AvgIpc) is 2.88. The third-order valence-corrected chi connectivity index (χ3v) is 6.23. The van der Waals surface area contributed by atoms with Crippen molar-refractivity contribution in [3.8, 4) is 0 Å². The molecule has 8 heteroatoms. The van der Waals surface area contributed by atoms with Crippen LogP contribution in [0.4, 0.5) is 0 Å². The second kappa shape index (κ2) is 24.2. The molecule has 3 amide bonds. The van der Waals surface area contributed by atoms with Crippen molar-refractivity contribution in [2.24, 2.45) is 11.5 Å². The van der Waals surface area contributed by atoms with Crippen LogP contribution in [0.25, 0.3) is 0 Å². The Morgan fingerprint density at radius 1 is 0.568 bits per heavy atom. The molecule has 4 N–H and O–H groups in total. The molecular formula is C29H55N5O3. The molecule has 0 rings (SSSR count). The summed E-state index contributed by atoms with van der Waals surface area (Å²) in [6.07, 6.45) is 16.8. The SMILES string of the molecule is CC/C=C\CCC(=O)N(CCCN)CCCCN(CCCN(CCCN)C(=O)CC/C=C\CC)C(C)=O. The van der Waals surface area contributed by atoms with Gasteiger partial charge in [0.05, 0.1) is 0 Å². The molecule has 0 atom stereocenters. The van der Waals surface area contributed by atoms with E-state index in [0.29, 0.717) is 65.2 Å². The van der Waals surface area contributed by atoms with Gasteiger partial charge in [-0.05, 0) is 70.9 Å². The normalized spacial score (nSPS) is 11.4. The summed E-state index contributed by atoms with van der Waals surface area (Å²) in [5.74, 6) is 0.365. The quantitative estimate of drug-likeness (QED) is 0.157. The van der Waals surface area contributed by atoms with Crippen molar-refractivity contribution in [3.63, 3.8) is 0 Å². The lowest BCUT2D eigenvalue weighted by Gasteiger charge is -2.26. The highest BCUT2D eigenvalue weighted by atomic mass is 16.2. The Kier molecular flexibility index (Phi) is 22.7. The van der Waals surface area contributed by atoms with E-state index in [9.17, 15) is 14.4 Å². The third-order valence-electron chi connectivity index (χ3n) is 6.23. The van der Waals surface area contributed by atoms with E-state index in [4.69, 9.17) is 11.5 Å². The summed E-state index contributed by atoms with van der Waals surface area (Å²) in [6, 6.07) is 0. The summed E-state index contributed by atoms with van der Waals surface area (Å²) in [5.41, 5.74) is 11.3. The molecule has 0 radical (unpaired) electrons. The number of amides is 3. The molecule has 0 saturated heterocycles. The maximum atomic E-state index is 12.7. The van der Waals surface area contributed by atoms with Gasteiger partial charge in [-0.15, -0.1) is 0 Å². The predicted octanol–water partition coefficient (Wildman–Crippen LogP) is 3.85. The minimum Gasteiger partial charge on any atom is -0.343 e. The van der Waals surface area contributed by atoms with Crippen molar-refractivity contribution in [2.45, 2.75) is 91.4 Å². The van der Waals surface area contributed by atoms with Gasteiger partial charge in [-0.1, -0.05) is 38.2 Å². The van der Waals surface area contributed by atoms with Crippen LogP contribution < -0.4 is 11.5 Å². The van der Waals surface area contributed by atoms with E-state index >= 15 is 0 Å². The van der Waals surface area contributed by atoms with E-state index < -0.39 is 0 Å². The highest BCUT2D eigenvalue weighted by Gasteiger charge is 2.15. The number of nitrogens with zero attached hydrogens (tertiary/aromatic N) is 3. The number of carbonyl (C=O) groups excluding carboxylic acids is 3. The van der Waals surface area contributed by atoms with Gasteiger partial charge in [-0.2, -0.15) is 0 Å². The number of hydrogen-bond donors (Lipinski definition) is 2. The number of nitrogens with two attached hydrogens (primary N) is 2. The molecule has 0 heterocycles. The second-order valence-electron chi connectivity index (χ2n) is 9.45. The summed E-state index contributed by atoms with van der Waals surface area (Å²) in [4.78, 5) is 43.2. The van der Waals surface area contributed by atoms with Gasteiger partial charge in [-0.25, -0.2) is 0 Å². The van der Waals surface area contributed by atoms with Gasteiger partial charge in [0, 0.05) is 59.0 Å². The Morgan fingerprint density at radius 3 is 1.35 bits per heavy atom. The molecule has 0 aromatic heterocycles. The molecule has 0 aliphatic heterocycles. The van der Waals surface area contributed by atoms with Crippen molar-refractivity contribution in [1.29, 1.82) is 0 Å². The Bertz CT molecular complexity index is 666. The van der Waals surface area contributed by atoms with E-state index in [1.54, 1.807) is 6.92 Å². The topological polar surface area (TPSA) is 113 Å². The Labute approximate surface area is 226 Å². The monoisotopic (exact) mass is 521 g/mol. The van der Waals surface area contributed by atoms with Crippen LogP contribution in [0.5, 0.6) is 0 Å². The lowest BCUT2D eigenvalue weighted by atomic mass is 10.2. The van der Waals surface area contributed by atoms with Crippen molar-refractivity contribution in [3.05, 3.63) is 24.3 Å². The van der Waals surface area contributed by atoms with Gasteiger partial charge >= 0.3 is 0 Å². The first-order valence-corrected chi connectivity index (χ1v) is 14.4. The van der Waals surface area contributed by atoms with Crippen LogP contribution in [0, 0.1) is 0 Å². The maximum absolute atomic E-state index is 12.7. The van der Waals surface area contributed by atoms with Gasteiger partial charge in [0.2, 0.25) is 17.7 Å². The van der Waals surface area contributed by atoms with Crippen LogP contribution in [0.2, 0.25) is 0 Å². The van der Waals surface area contributed by atoms with E-state index in [0.717, 1.165) is 57.8 Å². The molecule has 0 aliphatic carbocycles. The molecular weight excluding hydrogens is 466 g/mol. The van der Waals surface area contributed by atoms with Crippen molar-refractivity contribution in [1.82, 2.24) is 14.7 Å². The third kappa shape index (κ3) is 18.7. The molecule has 37 heavy (non-hydrogen) atoms. The standard InChI is InChI=1S/C29H55N5O3/c1-4-6-8-10-17-28(36)33(23-14-19-30)22-13-12-21-32(27(3)35)25-16-26-34(24-15-20-31)29(37)18-11-9-7-5-2/h6-9H,4-5,10-26,30-31H2,1-3H3/b8-6-,9-7-. The molecule has 0 unspecified atom stereocenters. The minimum atomic E-state index is 0.0447. The second-order valence-corrected chi connectivity index (χ2v) is 9.45. The van der Waals surface area contributed by atoms with Crippen LogP contribution in [-0.2, 0) is 14.4 Å². The molecule has 0 bridgehead atoms. The Hall–Kier alpha value is -2.19. The lowest BCUT2D eigenvalue weighted by Crippen LogP contribution is -2.37. The summed E-state index contributed by atoms with van der Waals surface area (Å²) < 4.78 is 0. The van der Waals surface area contributed by atoms with Gasteiger partial charge < -0.3 is 26.2 Å². The predicted molar refractivity (Wildman–Crippen MR) is 154 cm³/mol. The van der Waals surface area contributed by atoms with E-state index in [-0.39, 0.29) is 17.7 Å². The molecule has 0 fully saturated rings. The fourth-order valence-corrected chi connectivity index (χ4v) is 4.07. The molecule has 0 aliphatic rings. The van der Waals surface area contributed by atoms with Crippen molar-refractivity contribution in [2.75, 3.05) is 52.4 Å². The van der Waals surface area contributed by atoms with Gasteiger partial charge in [0.1, 0.15) is 0 Å². The summed E-state index contributed by atoms with van der Waals surface area (Å²) in [6.45, 7) is 10.8. The summed E-state index contributed by atoms with van der Waals surface area (Å²) in [7, 11) is 0. The van der Waals surface area contributed by atoms with Crippen LogP contribution in [0.3, 0.4) is 0 Å². The number of hydrogen-bond acceptors (Lipinski definition) is 5. The first kappa shape index (κ1) is 34.8. The molecule has 0 aromatic rings. The zero-order valence-corrected chi connectivity index (χ0v) is 24.0. The Morgan fingerprint density at radius 2 is 0.946 bits per heavy atom. The zero-order valence-electron chi connectivity index (χ0n) is 24.0. The van der Waals surface area contributed by atoms with Crippen LogP contribution in [0.15, 0.2) is 24.3 Å². The molecule has 8 nitrogen and oxygen atoms in total. The average molecular weight is 522 g/mol. The molecule has 214 valence electrons. The minimum absolute atomic E-state index is 0.0447.